The lowest BCUT2D eigenvalue weighted by molar-refractivity contribution is 0.0641. The zero-order valence-electron chi connectivity index (χ0n) is 22.0. The molecule has 3 aromatic carbocycles. The average molecular weight is 599 g/mol. The Hall–Kier alpha value is -4.34. The maximum atomic E-state index is 13.5. The molecule has 0 saturated carbocycles. The maximum Gasteiger partial charge on any atom is 0.214 e. The van der Waals surface area contributed by atoms with Crippen LogP contribution in [0.3, 0.4) is 0 Å². The number of ether oxygens (including phenoxy) is 2. The molecule has 0 spiro atoms. The Bertz CT molecular complexity index is 1750. The lowest BCUT2D eigenvalue weighted by atomic mass is 10.1. The summed E-state index contributed by atoms with van der Waals surface area (Å²) in [6.45, 7) is 9.26. The molecule has 1 saturated heterocycles. The van der Waals surface area contributed by atoms with Gasteiger partial charge >= 0.3 is 0 Å². The quantitative estimate of drug-likeness (QED) is 0.213. The van der Waals surface area contributed by atoms with Gasteiger partial charge in [0, 0.05) is 34.2 Å². The van der Waals surface area contributed by atoms with E-state index < -0.39 is 0 Å². The Balaban J connectivity index is 1.23. The Kier molecular flexibility index (Phi) is 6.91. The predicted molar refractivity (Wildman–Crippen MR) is 160 cm³/mol. The number of nitrogens with one attached hydrogen (secondary N) is 1. The molecule has 0 radical (unpaired) electrons. The van der Waals surface area contributed by atoms with Crippen LogP contribution in [0.1, 0.15) is 27.2 Å². The third-order valence-corrected chi connectivity index (χ3v) is 7.56. The van der Waals surface area contributed by atoms with Gasteiger partial charge in [-0.25, -0.2) is 4.68 Å². The number of nitrogens with zero attached hydrogens (tertiary/aromatic N) is 3. The maximum absolute atomic E-state index is 13.5. The fourth-order valence-corrected chi connectivity index (χ4v) is 5.29. The lowest BCUT2D eigenvalue weighted by Crippen LogP contribution is -2.34. The summed E-state index contributed by atoms with van der Waals surface area (Å²) < 4.78 is 14.0. The Labute approximate surface area is 240 Å². The van der Waals surface area contributed by atoms with E-state index in [0.29, 0.717) is 30.2 Å². The van der Waals surface area contributed by atoms with Crippen molar-refractivity contribution >= 4 is 44.1 Å². The number of rotatable bonds is 7. The minimum Gasteiger partial charge on any atom is -0.457 e. The topological polar surface area (TPSA) is 98.4 Å². The normalized spacial score (nSPS) is 13.5. The summed E-state index contributed by atoms with van der Waals surface area (Å²) in [5, 5.41) is 5.37. The fourth-order valence-electron chi connectivity index (χ4n) is 4.92. The van der Waals surface area contributed by atoms with E-state index in [1.807, 2.05) is 73.7 Å². The molecule has 5 aromatic rings. The number of hydrogen-bond donors (Lipinski definition) is 2. The molecule has 9 heteroatoms. The molecule has 202 valence electrons. The Morgan fingerprint density at radius 2 is 1.88 bits per heavy atom. The second-order valence-electron chi connectivity index (χ2n) is 9.72. The first-order valence-corrected chi connectivity index (χ1v) is 13.7. The SMILES string of the molecule is C=C(c1ccc2[nH]c(C(=O)c3cnn(-c4ccc(Oc5cccc(Br)c5)cc4C)c3N)cc2c1)N1CCOCC1. The van der Waals surface area contributed by atoms with E-state index in [1.54, 1.807) is 4.68 Å². The number of morpholine rings is 1. The molecule has 1 aliphatic rings. The highest BCUT2D eigenvalue weighted by Gasteiger charge is 2.21. The van der Waals surface area contributed by atoms with E-state index in [2.05, 4.69) is 37.5 Å². The van der Waals surface area contributed by atoms with E-state index in [4.69, 9.17) is 15.2 Å². The van der Waals surface area contributed by atoms with Crippen molar-refractivity contribution in [2.75, 3.05) is 32.0 Å². The first-order chi connectivity index (χ1) is 19.4. The van der Waals surface area contributed by atoms with E-state index in [0.717, 1.165) is 56.7 Å². The second-order valence-corrected chi connectivity index (χ2v) is 10.6. The van der Waals surface area contributed by atoms with E-state index in [1.165, 1.54) is 6.20 Å². The van der Waals surface area contributed by atoms with Gasteiger partial charge in [0.2, 0.25) is 5.78 Å². The number of H-pyrrole nitrogens is 1. The zero-order chi connectivity index (χ0) is 27.8. The third kappa shape index (κ3) is 5.01. The Morgan fingerprint density at radius 3 is 2.65 bits per heavy atom. The van der Waals surface area contributed by atoms with Gasteiger partial charge in [-0.15, -0.1) is 0 Å². The number of hydrogen-bond acceptors (Lipinski definition) is 6. The molecule has 0 amide bonds. The first kappa shape index (κ1) is 25.9. The monoisotopic (exact) mass is 597 g/mol. The molecule has 0 unspecified atom stereocenters. The van der Waals surface area contributed by atoms with Crippen molar-refractivity contribution in [3.05, 3.63) is 106 Å². The van der Waals surface area contributed by atoms with Gasteiger partial charge in [-0.1, -0.05) is 34.6 Å². The summed E-state index contributed by atoms with van der Waals surface area (Å²) in [5.41, 5.74) is 11.7. The molecule has 6 rings (SSSR count). The summed E-state index contributed by atoms with van der Waals surface area (Å²) in [4.78, 5) is 18.9. The smallest absolute Gasteiger partial charge is 0.214 e. The largest absolute Gasteiger partial charge is 0.457 e. The number of carbonyl (C=O) groups excluding carboxylic acids is 1. The van der Waals surface area contributed by atoms with Gasteiger partial charge in [-0.2, -0.15) is 5.10 Å². The molecular weight excluding hydrogens is 570 g/mol. The van der Waals surface area contributed by atoms with Crippen LogP contribution in [0.5, 0.6) is 11.5 Å². The molecule has 3 N–H and O–H groups in total. The summed E-state index contributed by atoms with van der Waals surface area (Å²) >= 11 is 3.46. The van der Waals surface area contributed by atoms with Crippen molar-refractivity contribution in [1.29, 1.82) is 0 Å². The molecule has 1 aliphatic heterocycles. The minimum absolute atomic E-state index is 0.222. The molecule has 0 atom stereocenters. The van der Waals surface area contributed by atoms with E-state index in [9.17, 15) is 4.79 Å². The molecule has 1 fully saturated rings. The van der Waals surface area contributed by atoms with Crippen LogP contribution in [0, 0.1) is 6.92 Å². The van der Waals surface area contributed by atoms with Crippen LogP contribution in [0.4, 0.5) is 5.82 Å². The third-order valence-electron chi connectivity index (χ3n) is 7.07. The van der Waals surface area contributed by atoms with Crippen LogP contribution in [-0.4, -0.2) is 51.8 Å². The van der Waals surface area contributed by atoms with Gasteiger partial charge in [-0.3, -0.25) is 4.79 Å². The fraction of sp³-hybridized carbons (Fsp3) is 0.161. The number of ketones is 1. The summed E-state index contributed by atoms with van der Waals surface area (Å²) in [6, 6.07) is 21.2. The molecular formula is C31H28BrN5O3. The van der Waals surface area contributed by atoms with Gasteiger partial charge in [0.15, 0.2) is 0 Å². The lowest BCUT2D eigenvalue weighted by Gasteiger charge is -2.30. The molecule has 3 heterocycles. The van der Waals surface area contributed by atoms with Crippen LogP contribution in [0.2, 0.25) is 0 Å². The van der Waals surface area contributed by atoms with E-state index >= 15 is 0 Å². The van der Waals surface area contributed by atoms with Crippen molar-refractivity contribution in [3.8, 4) is 17.2 Å². The van der Waals surface area contributed by atoms with Crippen LogP contribution >= 0.6 is 15.9 Å². The van der Waals surface area contributed by atoms with Crippen LogP contribution < -0.4 is 10.5 Å². The Morgan fingerprint density at radius 1 is 1.07 bits per heavy atom. The predicted octanol–water partition coefficient (Wildman–Crippen LogP) is 6.33. The number of nitrogen functional groups attached to an aromatic ring is 1. The number of fused-ring (bicyclic) bond motifs is 1. The average Bonchev–Trinajstić information content (AvgIpc) is 3.56. The highest BCUT2D eigenvalue weighted by molar-refractivity contribution is 9.10. The number of aryl methyl sites for hydroxylation is 1. The molecule has 2 aromatic heterocycles. The van der Waals surface area contributed by atoms with Crippen molar-refractivity contribution < 1.29 is 14.3 Å². The summed E-state index contributed by atoms with van der Waals surface area (Å²) in [6.07, 6.45) is 1.51. The first-order valence-electron chi connectivity index (χ1n) is 12.9. The van der Waals surface area contributed by atoms with Crippen LogP contribution in [0.15, 0.2) is 84.0 Å². The number of anilines is 1. The molecule has 0 bridgehead atoms. The summed E-state index contributed by atoms with van der Waals surface area (Å²) in [5.74, 6) is 1.47. The van der Waals surface area contributed by atoms with Crippen molar-refractivity contribution in [3.63, 3.8) is 0 Å². The van der Waals surface area contributed by atoms with Gasteiger partial charge in [0.25, 0.3) is 0 Å². The number of nitrogens with two attached hydrogens (primary N) is 1. The van der Waals surface area contributed by atoms with Gasteiger partial charge in [0.05, 0.1) is 36.4 Å². The van der Waals surface area contributed by atoms with Crippen LogP contribution in [0.25, 0.3) is 22.3 Å². The second kappa shape index (κ2) is 10.7. The highest BCUT2D eigenvalue weighted by atomic mass is 79.9. The number of carbonyl (C=O) groups is 1. The molecule has 0 aliphatic carbocycles. The molecule has 40 heavy (non-hydrogen) atoms. The number of benzene rings is 3. The van der Waals surface area contributed by atoms with Gasteiger partial charge < -0.3 is 25.1 Å². The van der Waals surface area contributed by atoms with Crippen molar-refractivity contribution in [2.45, 2.75) is 6.92 Å². The zero-order valence-corrected chi connectivity index (χ0v) is 23.6. The number of aromatic amines is 1. The van der Waals surface area contributed by atoms with Crippen molar-refractivity contribution in [2.24, 2.45) is 0 Å². The van der Waals surface area contributed by atoms with Gasteiger partial charge in [0.1, 0.15) is 17.3 Å². The standard InChI is InChI=1S/C31H28BrN5O3/c1-19-14-25(40-24-5-3-4-23(32)17-24)7-9-29(19)37-31(33)26(18-34-37)30(38)28-16-22-15-21(6-8-27(22)35-28)20(2)36-10-12-39-13-11-36/h3-9,14-18,35H,2,10-13,33H2,1H3. The van der Waals surface area contributed by atoms with Crippen molar-refractivity contribution in [1.82, 2.24) is 19.7 Å². The molecule has 8 nitrogen and oxygen atoms in total. The highest BCUT2D eigenvalue weighted by Crippen LogP contribution is 2.30. The number of aromatic nitrogens is 3. The summed E-state index contributed by atoms with van der Waals surface area (Å²) in [7, 11) is 0. The van der Waals surface area contributed by atoms with E-state index in [-0.39, 0.29) is 11.6 Å². The van der Waals surface area contributed by atoms with Gasteiger partial charge in [-0.05, 0) is 72.6 Å². The number of halogens is 1. The minimum atomic E-state index is -0.222. The van der Waals surface area contributed by atoms with Crippen LogP contribution in [-0.2, 0) is 4.74 Å².